The summed E-state index contributed by atoms with van der Waals surface area (Å²) >= 11 is 0. The van der Waals surface area contributed by atoms with E-state index >= 15 is 0 Å². The minimum Gasteiger partial charge on any atom is -0.309 e. The Bertz CT molecular complexity index is 1010. The predicted octanol–water partition coefficient (Wildman–Crippen LogP) is 2.79. The number of benzene rings is 1. The highest BCUT2D eigenvalue weighted by Crippen LogP contribution is 2.32. The van der Waals surface area contributed by atoms with Crippen molar-refractivity contribution in [3.63, 3.8) is 0 Å². The average molecular weight is 479 g/mol. The molecule has 2 atom stereocenters. The highest BCUT2D eigenvalue weighted by molar-refractivity contribution is 5.99. The summed E-state index contributed by atoms with van der Waals surface area (Å²) in [7, 11) is 0. The Hall–Kier alpha value is -3.66. The van der Waals surface area contributed by atoms with E-state index in [0.717, 1.165) is 31.2 Å². The number of amides is 3. The summed E-state index contributed by atoms with van der Waals surface area (Å²) in [5, 5.41) is 9.36. The van der Waals surface area contributed by atoms with E-state index < -0.39 is 12.0 Å². The molecular formula is C25H30N6O4. The van der Waals surface area contributed by atoms with Crippen LogP contribution in [-0.2, 0) is 25.8 Å². The number of nitrogens with zero attached hydrogens (tertiary/aromatic N) is 5. The van der Waals surface area contributed by atoms with Crippen molar-refractivity contribution >= 4 is 30.3 Å². The molecule has 0 spiro atoms. The van der Waals surface area contributed by atoms with E-state index in [0.29, 0.717) is 31.0 Å². The molecule has 1 N–H and O–H groups in total. The van der Waals surface area contributed by atoms with Gasteiger partial charge in [-0.2, -0.15) is 5.10 Å². The van der Waals surface area contributed by atoms with Crippen molar-refractivity contribution in [2.45, 2.75) is 51.2 Å². The van der Waals surface area contributed by atoms with E-state index in [4.69, 9.17) is 4.84 Å². The molecule has 2 heterocycles. The van der Waals surface area contributed by atoms with Crippen LogP contribution in [0.3, 0.4) is 0 Å². The maximum absolute atomic E-state index is 13.6. The Balaban J connectivity index is 1.44. The number of rotatable bonds is 11. The van der Waals surface area contributed by atoms with Crippen LogP contribution in [0.15, 0.2) is 54.0 Å². The minimum atomic E-state index is -0.779. The molecule has 1 aromatic carbocycles. The van der Waals surface area contributed by atoms with Crippen molar-refractivity contribution < 1.29 is 19.2 Å². The fourth-order valence-corrected chi connectivity index (χ4v) is 4.58. The zero-order chi connectivity index (χ0) is 24.5. The topological polar surface area (TPSA) is 117 Å². The molecule has 2 aromatic rings. The molecule has 0 radical (unpaired) electrons. The van der Waals surface area contributed by atoms with E-state index in [9.17, 15) is 14.4 Å². The van der Waals surface area contributed by atoms with Gasteiger partial charge in [-0.25, -0.2) is 20.0 Å². The van der Waals surface area contributed by atoms with E-state index in [1.807, 2.05) is 30.3 Å². The number of nitrogens with one attached hydrogen (secondary N) is 1. The highest BCUT2D eigenvalue weighted by atomic mass is 16.7. The second-order valence-electron chi connectivity index (χ2n) is 8.86. The molecule has 1 fully saturated rings. The van der Waals surface area contributed by atoms with Crippen LogP contribution in [0.2, 0.25) is 0 Å². The fraction of sp³-hybridized carbons (Fsp3) is 0.440. The third-order valence-electron chi connectivity index (χ3n) is 6.39. The van der Waals surface area contributed by atoms with Crippen molar-refractivity contribution in [1.82, 2.24) is 20.0 Å². The monoisotopic (exact) mass is 478 g/mol. The summed E-state index contributed by atoms with van der Waals surface area (Å²) < 4.78 is 0. The molecule has 1 aliphatic heterocycles. The number of hydroxylamine groups is 2. The fourth-order valence-electron chi connectivity index (χ4n) is 4.58. The Morgan fingerprint density at radius 2 is 2.00 bits per heavy atom. The zero-order valence-corrected chi connectivity index (χ0v) is 19.5. The molecule has 1 aliphatic carbocycles. The van der Waals surface area contributed by atoms with Gasteiger partial charge in [0.15, 0.2) is 0 Å². The van der Waals surface area contributed by atoms with Gasteiger partial charge in [-0.3, -0.25) is 19.2 Å². The first-order valence-corrected chi connectivity index (χ1v) is 11.9. The first-order valence-electron chi connectivity index (χ1n) is 11.9. The van der Waals surface area contributed by atoms with Crippen LogP contribution in [0.5, 0.6) is 0 Å². The predicted molar refractivity (Wildman–Crippen MR) is 128 cm³/mol. The van der Waals surface area contributed by atoms with Crippen LogP contribution in [0, 0.1) is 11.8 Å². The van der Waals surface area contributed by atoms with E-state index in [1.54, 1.807) is 12.3 Å². The molecule has 4 rings (SSSR count). The van der Waals surface area contributed by atoms with E-state index in [1.165, 1.54) is 22.6 Å². The van der Waals surface area contributed by atoms with Gasteiger partial charge in [0.2, 0.25) is 12.3 Å². The molecule has 184 valence electrons. The Labute approximate surface area is 204 Å². The van der Waals surface area contributed by atoms with Gasteiger partial charge in [-0.05, 0) is 24.0 Å². The van der Waals surface area contributed by atoms with E-state index in [2.05, 4.69) is 20.4 Å². The minimum absolute atomic E-state index is 0.0952. The normalized spacial score (nSPS) is 18.4. The standard InChI is InChI=1S/C25H30N6O4/c32-18-30(35-16-20-8-2-1-3-9-20)15-21(14-19-6-4-5-7-19)25(34)31-22(10-13-28-31)24(33)29-23-11-12-26-17-27-23/h1-3,8-9,11-13,17-19,21-22H,4-7,10,14-16H2,(H,26,27,29,33)/t21-,22+/m1/s1. The first-order chi connectivity index (χ1) is 17.1. The first kappa shape index (κ1) is 24.5. The van der Waals surface area contributed by atoms with Crippen LogP contribution < -0.4 is 5.32 Å². The van der Waals surface area contributed by atoms with Crippen LogP contribution in [0.25, 0.3) is 0 Å². The lowest BCUT2D eigenvalue weighted by Gasteiger charge is -2.29. The Morgan fingerprint density at radius 1 is 1.20 bits per heavy atom. The molecule has 1 saturated carbocycles. The molecule has 0 saturated heterocycles. The number of hydrogen-bond donors (Lipinski definition) is 1. The summed E-state index contributed by atoms with van der Waals surface area (Å²) in [6.07, 6.45) is 10.3. The van der Waals surface area contributed by atoms with Gasteiger partial charge in [-0.15, -0.1) is 0 Å². The lowest BCUT2D eigenvalue weighted by Crippen LogP contribution is -2.46. The lowest BCUT2D eigenvalue weighted by molar-refractivity contribution is -0.183. The van der Waals surface area contributed by atoms with Crippen molar-refractivity contribution in [1.29, 1.82) is 0 Å². The van der Waals surface area contributed by atoms with Gasteiger partial charge in [0.25, 0.3) is 5.91 Å². The van der Waals surface area contributed by atoms with Gasteiger partial charge in [0.05, 0.1) is 12.5 Å². The van der Waals surface area contributed by atoms with Gasteiger partial charge in [-0.1, -0.05) is 56.0 Å². The summed E-state index contributed by atoms with van der Waals surface area (Å²) in [5.74, 6) is -0.450. The van der Waals surface area contributed by atoms with Crippen LogP contribution in [0.1, 0.15) is 44.1 Å². The molecular weight excluding hydrogens is 448 g/mol. The molecule has 0 unspecified atom stereocenters. The molecule has 35 heavy (non-hydrogen) atoms. The van der Waals surface area contributed by atoms with Gasteiger partial charge in [0.1, 0.15) is 24.8 Å². The van der Waals surface area contributed by atoms with Crippen molar-refractivity contribution in [3.8, 4) is 0 Å². The summed E-state index contributed by atoms with van der Waals surface area (Å²) in [5.41, 5.74) is 0.920. The number of hydrogen-bond acceptors (Lipinski definition) is 7. The molecule has 2 aliphatic rings. The third-order valence-corrected chi connectivity index (χ3v) is 6.39. The van der Waals surface area contributed by atoms with Crippen molar-refractivity contribution in [2.24, 2.45) is 16.9 Å². The zero-order valence-electron chi connectivity index (χ0n) is 19.5. The van der Waals surface area contributed by atoms with Gasteiger partial charge in [0, 0.05) is 18.8 Å². The summed E-state index contributed by atoms with van der Waals surface area (Å²) in [4.78, 5) is 51.9. The number of anilines is 1. The SMILES string of the molecule is O=CN(C[C@@H](CC1CCCC1)C(=O)N1N=CC[C@H]1C(=O)Nc1ccncn1)OCc1ccccc1. The molecule has 3 amide bonds. The van der Waals surface area contributed by atoms with Crippen LogP contribution in [-0.4, -0.2) is 57.1 Å². The smallest absolute Gasteiger partial charge is 0.250 e. The third kappa shape index (κ3) is 6.69. The van der Waals surface area contributed by atoms with Crippen LogP contribution in [0.4, 0.5) is 5.82 Å². The molecule has 10 heteroatoms. The average Bonchev–Trinajstić information content (AvgIpc) is 3.59. The Kier molecular flexibility index (Phi) is 8.50. The van der Waals surface area contributed by atoms with Gasteiger partial charge < -0.3 is 5.32 Å². The largest absolute Gasteiger partial charge is 0.309 e. The lowest BCUT2D eigenvalue weighted by atomic mass is 9.92. The van der Waals surface area contributed by atoms with Crippen LogP contribution >= 0.6 is 0 Å². The number of aromatic nitrogens is 2. The quantitative estimate of drug-likeness (QED) is 0.392. The molecule has 0 bridgehead atoms. The second-order valence-corrected chi connectivity index (χ2v) is 8.86. The molecule has 1 aromatic heterocycles. The number of hydrazone groups is 1. The van der Waals surface area contributed by atoms with Gasteiger partial charge >= 0.3 is 0 Å². The van der Waals surface area contributed by atoms with E-state index in [-0.39, 0.29) is 25.0 Å². The second kappa shape index (κ2) is 12.2. The van der Waals surface area contributed by atoms with Crippen molar-refractivity contribution in [2.75, 3.05) is 11.9 Å². The number of carbonyl (C=O) groups excluding carboxylic acids is 3. The maximum Gasteiger partial charge on any atom is 0.250 e. The highest BCUT2D eigenvalue weighted by Gasteiger charge is 2.38. The maximum atomic E-state index is 13.6. The summed E-state index contributed by atoms with van der Waals surface area (Å²) in [6.45, 7) is 0.313. The Morgan fingerprint density at radius 3 is 2.71 bits per heavy atom. The molecule has 10 nitrogen and oxygen atoms in total. The van der Waals surface area contributed by atoms with Crippen molar-refractivity contribution in [3.05, 3.63) is 54.5 Å². The number of carbonyl (C=O) groups is 3. The summed E-state index contributed by atoms with van der Waals surface area (Å²) in [6, 6.07) is 10.3.